The Balaban J connectivity index is 1.36. The van der Waals surface area contributed by atoms with E-state index in [1.807, 2.05) is 26.2 Å². The molecule has 1 aromatic carbocycles. The van der Waals surface area contributed by atoms with E-state index in [1.54, 1.807) is 23.5 Å². The fourth-order valence-corrected chi connectivity index (χ4v) is 6.39. The summed E-state index contributed by atoms with van der Waals surface area (Å²) in [5.41, 5.74) is 2.71. The molecular formula is C21H23N3O4S3. The topological polar surface area (TPSA) is 98.2 Å². The number of thiazole rings is 2. The molecule has 10 heteroatoms. The molecule has 164 valence electrons. The van der Waals surface area contributed by atoms with Gasteiger partial charge in [-0.15, -0.1) is 22.7 Å². The van der Waals surface area contributed by atoms with Gasteiger partial charge in [0.25, 0.3) is 10.1 Å². The van der Waals surface area contributed by atoms with Gasteiger partial charge in [0.1, 0.15) is 0 Å². The summed E-state index contributed by atoms with van der Waals surface area (Å²) in [6, 6.07) is 6.54. The van der Waals surface area contributed by atoms with Crippen LogP contribution >= 0.6 is 22.7 Å². The Kier molecular flexibility index (Phi) is 6.25. The van der Waals surface area contributed by atoms with Crippen LogP contribution in [0.5, 0.6) is 0 Å². The number of carbonyl (C=O) groups is 1. The number of aromatic nitrogens is 2. The molecule has 1 aliphatic carbocycles. The number of nitrogens with zero attached hydrogens (tertiary/aromatic N) is 2. The smallest absolute Gasteiger partial charge is 0.297 e. The zero-order chi connectivity index (χ0) is 22.2. The van der Waals surface area contributed by atoms with E-state index in [-0.39, 0.29) is 16.7 Å². The molecule has 2 aromatic heterocycles. The number of aryl methyl sites for hydroxylation is 3. The molecule has 2 heterocycles. The average molecular weight is 478 g/mol. The van der Waals surface area contributed by atoms with Crippen molar-refractivity contribution < 1.29 is 17.4 Å². The summed E-state index contributed by atoms with van der Waals surface area (Å²) in [4.78, 5) is 22.8. The van der Waals surface area contributed by atoms with Crippen LogP contribution in [0.15, 0.2) is 34.5 Å². The SMILES string of the molecule is Cc1ccc(S(=O)(=O)O[C@@H]2CC[C@H](C(=O)Nc3nc(-c4sc(C)nc4C)cs3)C2)cc1. The molecule has 1 amide bonds. The Morgan fingerprint density at radius 3 is 2.55 bits per heavy atom. The van der Waals surface area contributed by atoms with Gasteiger partial charge in [-0.05, 0) is 52.2 Å². The summed E-state index contributed by atoms with van der Waals surface area (Å²) in [6.07, 6.45) is 0.955. The quantitative estimate of drug-likeness (QED) is 0.517. The van der Waals surface area contributed by atoms with Gasteiger partial charge in [0.05, 0.1) is 32.3 Å². The average Bonchev–Trinajstić information content (AvgIpc) is 3.42. The maximum absolute atomic E-state index is 12.7. The molecule has 0 radical (unpaired) electrons. The summed E-state index contributed by atoms with van der Waals surface area (Å²) >= 11 is 2.94. The van der Waals surface area contributed by atoms with Crippen molar-refractivity contribution in [3.8, 4) is 10.6 Å². The Morgan fingerprint density at radius 2 is 1.87 bits per heavy atom. The summed E-state index contributed by atoms with van der Waals surface area (Å²) in [5, 5.41) is 6.28. The normalized spacial score (nSPS) is 18.9. The standard InChI is InChI=1S/C21H23N3O4S3/c1-12-4-8-17(9-5-12)31(26,27)28-16-7-6-15(10-16)20(25)24-21-23-18(11-29-21)19-13(2)22-14(3)30-19/h4-5,8-9,11,15-16H,6-7,10H2,1-3H3,(H,23,24,25)/t15-,16+/m0/s1. The second kappa shape index (κ2) is 8.78. The van der Waals surface area contributed by atoms with Crippen LogP contribution in [0, 0.1) is 26.7 Å². The van der Waals surface area contributed by atoms with Gasteiger partial charge in [0.2, 0.25) is 5.91 Å². The molecule has 7 nitrogen and oxygen atoms in total. The van der Waals surface area contributed by atoms with Crippen LogP contribution in [0.2, 0.25) is 0 Å². The number of anilines is 1. The Bertz CT molecular complexity index is 1200. The lowest BCUT2D eigenvalue weighted by atomic mass is 10.1. The summed E-state index contributed by atoms with van der Waals surface area (Å²) < 4.78 is 30.4. The minimum atomic E-state index is -3.84. The van der Waals surface area contributed by atoms with Crippen molar-refractivity contribution in [2.75, 3.05) is 5.32 Å². The van der Waals surface area contributed by atoms with Crippen molar-refractivity contribution in [3.05, 3.63) is 45.9 Å². The fraction of sp³-hybridized carbons (Fsp3) is 0.381. The Hall–Kier alpha value is -2.14. The van der Waals surface area contributed by atoms with Crippen LogP contribution in [-0.2, 0) is 19.1 Å². The van der Waals surface area contributed by atoms with Crippen molar-refractivity contribution in [3.63, 3.8) is 0 Å². The zero-order valence-corrected chi connectivity index (χ0v) is 19.9. The van der Waals surface area contributed by atoms with Crippen LogP contribution in [-0.4, -0.2) is 30.4 Å². The molecule has 0 aliphatic heterocycles. The summed E-state index contributed by atoms with van der Waals surface area (Å²) in [5.74, 6) is -0.463. The van der Waals surface area contributed by atoms with Crippen LogP contribution in [0.4, 0.5) is 5.13 Å². The van der Waals surface area contributed by atoms with Crippen LogP contribution < -0.4 is 5.32 Å². The summed E-state index contributed by atoms with van der Waals surface area (Å²) in [6.45, 7) is 5.79. The van der Waals surface area contributed by atoms with E-state index in [9.17, 15) is 13.2 Å². The molecule has 2 atom stereocenters. The molecule has 4 rings (SSSR count). The third kappa shape index (κ3) is 5.03. The van der Waals surface area contributed by atoms with Crippen LogP contribution in [0.3, 0.4) is 0 Å². The molecular weight excluding hydrogens is 454 g/mol. The second-order valence-electron chi connectivity index (χ2n) is 7.67. The van der Waals surface area contributed by atoms with Crippen molar-refractivity contribution in [2.24, 2.45) is 5.92 Å². The van der Waals surface area contributed by atoms with Gasteiger partial charge in [0.15, 0.2) is 5.13 Å². The lowest BCUT2D eigenvalue weighted by Crippen LogP contribution is -2.22. The predicted octanol–water partition coefficient (Wildman–Crippen LogP) is 4.70. The molecule has 31 heavy (non-hydrogen) atoms. The first-order chi connectivity index (χ1) is 14.7. The highest BCUT2D eigenvalue weighted by Crippen LogP contribution is 2.34. The Morgan fingerprint density at radius 1 is 1.13 bits per heavy atom. The molecule has 0 bridgehead atoms. The van der Waals surface area contributed by atoms with Crippen molar-refractivity contribution in [2.45, 2.75) is 51.0 Å². The van der Waals surface area contributed by atoms with E-state index >= 15 is 0 Å². The maximum Gasteiger partial charge on any atom is 0.297 e. The van der Waals surface area contributed by atoms with Crippen LogP contribution in [0.1, 0.15) is 35.5 Å². The van der Waals surface area contributed by atoms with Gasteiger partial charge in [0, 0.05) is 11.3 Å². The first kappa shape index (κ1) is 22.1. The molecule has 0 spiro atoms. The summed E-state index contributed by atoms with van der Waals surface area (Å²) in [7, 11) is -3.84. The zero-order valence-electron chi connectivity index (χ0n) is 17.4. The highest BCUT2D eigenvalue weighted by atomic mass is 32.2. The van der Waals surface area contributed by atoms with Gasteiger partial charge in [-0.2, -0.15) is 8.42 Å². The third-order valence-corrected chi connectivity index (χ3v) is 8.43. The van der Waals surface area contributed by atoms with Gasteiger partial charge >= 0.3 is 0 Å². The van der Waals surface area contributed by atoms with E-state index in [2.05, 4.69) is 15.3 Å². The van der Waals surface area contributed by atoms with Gasteiger partial charge in [-0.1, -0.05) is 17.7 Å². The highest BCUT2D eigenvalue weighted by Gasteiger charge is 2.34. The number of rotatable bonds is 6. The number of carbonyl (C=O) groups excluding carboxylic acids is 1. The minimum absolute atomic E-state index is 0.134. The lowest BCUT2D eigenvalue weighted by molar-refractivity contribution is -0.119. The second-order valence-corrected chi connectivity index (χ2v) is 11.3. The first-order valence-electron chi connectivity index (χ1n) is 9.92. The number of amides is 1. The molecule has 1 aliphatic rings. The van der Waals surface area contributed by atoms with Gasteiger partial charge < -0.3 is 5.32 Å². The predicted molar refractivity (Wildman–Crippen MR) is 122 cm³/mol. The lowest BCUT2D eigenvalue weighted by Gasteiger charge is -2.12. The molecule has 0 unspecified atom stereocenters. The molecule has 1 N–H and O–H groups in total. The van der Waals surface area contributed by atoms with E-state index in [0.29, 0.717) is 24.4 Å². The number of hydrogen-bond donors (Lipinski definition) is 1. The van der Waals surface area contributed by atoms with E-state index in [4.69, 9.17) is 4.18 Å². The first-order valence-corrected chi connectivity index (χ1v) is 13.0. The van der Waals surface area contributed by atoms with Crippen molar-refractivity contribution in [1.29, 1.82) is 0 Å². The monoisotopic (exact) mass is 477 g/mol. The van der Waals surface area contributed by atoms with Gasteiger partial charge in [-0.3, -0.25) is 8.98 Å². The number of hydrogen-bond acceptors (Lipinski definition) is 8. The van der Waals surface area contributed by atoms with Crippen LogP contribution in [0.25, 0.3) is 10.6 Å². The van der Waals surface area contributed by atoms with E-state index < -0.39 is 16.2 Å². The molecule has 1 saturated carbocycles. The van der Waals surface area contributed by atoms with E-state index in [1.165, 1.54) is 23.5 Å². The molecule has 1 fully saturated rings. The van der Waals surface area contributed by atoms with E-state index in [0.717, 1.165) is 26.8 Å². The number of benzene rings is 1. The Labute approximate surface area is 189 Å². The minimum Gasteiger partial charge on any atom is -0.302 e. The molecule has 3 aromatic rings. The van der Waals surface area contributed by atoms with Crippen molar-refractivity contribution in [1.82, 2.24) is 9.97 Å². The largest absolute Gasteiger partial charge is 0.302 e. The fourth-order valence-electron chi connectivity index (χ4n) is 3.62. The van der Waals surface area contributed by atoms with Crippen molar-refractivity contribution >= 4 is 43.8 Å². The molecule has 0 saturated heterocycles. The van der Waals surface area contributed by atoms with Gasteiger partial charge in [-0.25, -0.2) is 9.97 Å². The third-order valence-electron chi connectivity index (χ3n) is 5.20. The maximum atomic E-state index is 12.7. The highest BCUT2D eigenvalue weighted by molar-refractivity contribution is 7.86. The number of nitrogens with one attached hydrogen (secondary N) is 1.